The fourth-order valence-electron chi connectivity index (χ4n) is 3.53. The number of aromatic nitrogens is 1. The van der Waals surface area contributed by atoms with Crippen molar-refractivity contribution in [2.75, 3.05) is 25.0 Å². The first-order valence-electron chi connectivity index (χ1n) is 9.80. The number of benzene rings is 1. The second-order valence-corrected chi connectivity index (χ2v) is 8.57. The summed E-state index contributed by atoms with van der Waals surface area (Å²) in [7, 11) is 1.81. The van der Waals surface area contributed by atoms with Gasteiger partial charge in [-0.3, -0.25) is 14.6 Å². The van der Waals surface area contributed by atoms with Crippen molar-refractivity contribution in [2.45, 2.75) is 39.0 Å². The molecule has 0 spiro atoms. The van der Waals surface area contributed by atoms with Crippen LogP contribution < -0.4 is 4.90 Å². The lowest BCUT2D eigenvalue weighted by Crippen LogP contribution is -2.36. The number of hydrogen-bond donors (Lipinski definition) is 0. The molecule has 5 nitrogen and oxygen atoms in total. The molecule has 1 aromatic carbocycles. The monoisotopic (exact) mass is 379 g/mol. The van der Waals surface area contributed by atoms with E-state index in [0.717, 1.165) is 17.7 Å². The number of anilines is 1. The van der Waals surface area contributed by atoms with E-state index in [0.29, 0.717) is 13.1 Å². The number of likely N-dealkylation sites (N-methyl/N-ethyl adjacent to an activating group) is 1. The quantitative estimate of drug-likeness (QED) is 0.800. The van der Waals surface area contributed by atoms with Crippen LogP contribution >= 0.6 is 0 Å². The summed E-state index contributed by atoms with van der Waals surface area (Å²) in [4.78, 5) is 32.8. The van der Waals surface area contributed by atoms with Crippen molar-refractivity contribution in [1.82, 2.24) is 9.88 Å². The van der Waals surface area contributed by atoms with Crippen LogP contribution in [0.4, 0.5) is 5.69 Å². The lowest BCUT2D eigenvalue weighted by molar-refractivity contribution is -0.134. The Balaban J connectivity index is 1.61. The van der Waals surface area contributed by atoms with Gasteiger partial charge in [-0.15, -0.1) is 0 Å². The molecule has 0 bridgehead atoms. The third-order valence-electron chi connectivity index (χ3n) is 5.38. The summed E-state index contributed by atoms with van der Waals surface area (Å²) < 4.78 is 0. The summed E-state index contributed by atoms with van der Waals surface area (Å²) in [6.45, 7) is 7.58. The summed E-state index contributed by atoms with van der Waals surface area (Å²) in [6.07, 6.45) is 4.58. The van der Waals surface area contributed by atoms with E-state index >= 15 is 0 Å². The van der Waals surface area contributed by atoms with Gasteiger partial charge >= 0.3 is 0 Å². The highest BCUT2D eigenvalue weighted by Gasteiger charge is 2.36. The number of pyridine rings is 1. The maximum Gasteiger partial charge on any atom is 0.227 e. The molecule has 5 heteroatoms. The molecule has 1 aromatic heterocycles. The zero-order chi connectivity index (χ0) is 20.3. The van der Waals surface area contributed by atoms with Gasteiger partial charge in [-0.25, -0.2) is 0 Å². The Kier molecular flexibility index (Phi) is 5.82. The van der Waals surface area contributed by atoms with Gasteiger partial charge in [0.05, 0.1) is 5.92 Å². The Morgan fingerprint density at radius 1 is 1.14 bits per heavy atom. The molecule has 0 N–H and O–H groups in total. The van der Waals surface area contributed by atoms with Crippen LogP contribution in [-0.4, -0.2) is 41.8 Å². The van der Waals surface area contributed by atoms with Crippen molar-refractivity contribution >= 4 is 17.5 Å². The average molecular weight is 380 g/mol. The lowest BCUT2D eigenvalue weighted by atomic mass is 9.87. The topological polar surface area (TPSA) is 53.5 Å². The Labute approximate surface area is 167 Å². The van der Waals surface area contributed by atoms with Crippen molar-refractivity contribution in [3.8, 4) is 0 Å². The van der Waals surface area contributed by atoms with Crippen LogP contribution in [0.3, 0.4) is 0 Å². The minimum Gasteiger partial charge on any atom is -0.345 e. The molecule has 148 valence electrons. The lowest BCUT2D eigenvalue weighted by Gasteiger charge is -2.23. The van der Waals surface area contributed by atoms with Crippen molar-refractivity contribution in [1.29, 1.82) is 0 Å². The fraction of sp³-hybridized carbons (Fsp3) is 0.435. The first-order chi connectivity index (χ1) is 13.3. The number of amides is 2. The molecule has 2 heterocycles. The molecule has 0 saturated carbocycles. The maximum atomic E-state index is 12.8. The van der Waals surface area contributed by atoms with Gasteiger partial charge in [-0.1, -0.05) is 32.9 Å². The molecule has 1 unspecified atom stereocenters. The molecule has 1 saturated heterocycles. The smallest absolute Gasteiger partial charge is 0.227 e. The van der Waals surface area contributed by atoms with Gasteiger partial charge < -0.3 is 9.80 Å². The molecule has 0 aliphatic carbocycles. The van der Waals surface area contributed by atoms with E-state index in [1.54, 1.807) is 22.2 Å². The number of hydrogen-bond acceptors (Lipinski definition) is 3. The summed E-state index contributed by atoms with van der Waals surface area (Å²) in [6, 6.07) is 12.0. The summed E-state index contributed by atoms with van der Waals surface area (Å²) in [5.41, 5.74) is 3.32. The summed E-state index contributed by atoms with van der Waals surface area (Å²) >= 11 is 0. The second kappa shape index (κ2) is 8.13. The number of rotatable bonds is 5. The SMILES string of the molecule is CN(CCc1ccncc1)C(=O)C1CC(=O)N(c2ccc(C(C)(C)C)cc2)C1. The van der Waals surface area contributed by atoms with Crippen molar-refractivity contribution in [2.24, 2.45) is 5.92 Å². The zero-order valence-electron chi connectivity index (χ0n) is 17.2. The molecule has 1 fully saturated rings. The van der Waals surface area contributed by atoms with Gasteiger partial charge in [0, 0.05) is 44.6 Å². The van der Waals surface area contributed by atoms with E-state index in [1.165, 1.54) is 5.56 Å². The number of nitrogens with zero attached hydrogens (tertiary/aromatic N) is 3. The van der Waals surface area contributed by atoms with Crippen LogP contribution in [0.5, 0.6) is 0 Å². The number of carbonyl (C=O) groups excluding carboxylic acids is 2. The van der Waals surface area contributed by atoms with E-state index in [2.05, 4.69) is 37.9 Å². The first-order valence-corrected chi connectivity index (χ1v) is 9.80. The highest BCUT2D eigenvalue weighted by atomic mass is 16.2. The van der Waals surface area contributed by atoms with Crippen LogP contribution in [0.15, 0.2) is 48.8 Å². The van der Waals surface area contributed by atoms with Crippen LogP contribution in [-0.2, 0) is 21.4 Å². The molecule has 1 aliphatic heterocycles. The molecule has 1 atom stereocenters. The second-order valence-electron chi connectivity index (χ2n) is 8.57. The third-order valence-corrected chi connectivity index (χ3v) is 5.38. The van der Waals surface area contributed by atoms with Crippen molar-refractivity contribution < 1.29 is 9.59 Å². The largest absolute Gasteiger partial charge is 0.345 e. The van der Waals surface area contributed by atoms with E-state index in [1.807, 2.05) is 31.3 Å². The maximum absolute atomic E-state index is 12.8. The fourth-order valence-corrected chi connectivity index (χ4v) is 3.53. The Hall–Kier alpha value is -2.69. The standard InChI is InChI=1S/C23H29N3O2/c1-23(2,3)19-5-7-20(8-6-19)26-16-18(15-21(26)27)22(28)25(4)14-11-17-9-12-24-13-10-17/h5-10,12-13,18H,11,14-16H2,1-4H3. The van der Waals surface area contributed by atoms with Gasteiger partial charge in [0.25, 0.3) is 0 Å². The molecule has 2 aromatic rings. The van der Waals surface area contributed by atoms with Crippen LogP contribution in [0.1, 0.15) is 38.3 Å². The zero-order valence-corrected chi connectivity index (χ0v) is 17.2. The van der Waals surface area contributed by atoms with Crippen molar-refractivity contribution in [3.63, 3.8) is 0 Å². The Morgan fingerprint density at radius 3 is 2.39 bits per heavy atom. The third kappa shape index (κ3) is 4.58. The molecule has 2 amide bonds. The van der Waals surface area contributed by atoms with Crippen molar-refractivity contribution in [3.05, 3.63) is 59.9 Å². The van der Waals surface area contributed by atoms with E-state index in [9.17, 15) is 9.59 Å². The molecule has 28 heavy (non-hydrogen) atoms. The van der Waals surface area contributed by atoms with E-state index < -0.39 is 0 Å². The molecular weight excluding hydrogens is 350 g/mol. The van der Waals surface area contributed by atoms with Crippen LogP contribution in [0, 0.1) is 5.92 Å². The van der Waals surface area contributed by atoms with E-state index in [4.69, 9.17) is 0 Å². The van der Waals surface area contributed by atoms with E-state index in [-0.39, 0.29) is 29.6 Å². The Morgan fingerprint density at radius 2 is 1.79 bits per heavy atom. The molecular formula is C23H29N3O2. The number of carbonyl (C=O) groups is 2. The summed E-state index contributed by atoms with van der Waals surface area (Å²) in [5, 5.41) is 0. The van der Waals surface area contributed by atoms with Gasteiger partial charge in [0.2, 0.25) is 11.8 Å². The van der Waals surface area contributed by atoms with Crippen LogP contribution in [0.2, 0.25) is 0 Å². The average Bonchev–Trinajstić information content (AvgIpc) is 3.07. The molecule has 1 aliphatic rings. The molecule has 3 rings (SSSR count). The molecule has 0 radical (unpaired) electrons. The minimum absolute atomic E-state index is 0.0180. The Bertz CT molecular complexity index is 825. The van der Waals surface area contributed by atoms with Gasteiger partial charge in [0.1, 0.15) is 0 Å². The van der Waals surface area contributed by atoms with Gasteiger partial charge in [0.15, 0.2) is 0 Å². The predicted molar refractivity (Wildman–Crippen MR) is 111 cm³/mol. The minimum atomic E-state index is -0.280. The first kappa shape index (κ1) is 20.1. The highest BCUT2D eigenvalue weighted by Crippen LogP contribution is 2.29. The van der Waals surface area contributed by atoms with Gasteiger partial charge in [-0.05, 0) is 47.2 Å². The normalized spacial score (nSPS) is 17.1. The highest BCUT2D eigenvalue weighted by molar-refractivity contribution is 6.00. The van der Waals surface area contributed by atoms with Gasteiger partial charge in [-0.2, -0.15) is 0 Å². The summed E-state index contributed by atoms with van der Waals surface area (Å²) in [5.74, 6) is -0.224. The van der Waals surface area contributed by atoms with Crippen LogP contribution in [0.25, 0.3) is 0 Å². The predicted octanol–water partition coefficient (Wildman–Crippen LogP) is 3.43.